The molecule has 0 amide bonds. The van der Waals surface area contributed by atoms with Gasteiger partial charge in [-0.05, 0) is 86.4 Å². The molecule has 10 aromatic rings. The highest BCUT2D eigenvalue weighted by Gasteiger charge is 2.46. The van der Waals surface area contributed by atoms with Gasteiger partial charge in [0.15, 0.2) is 0 Å². The van der Waals surface area contributed by atoms with E-state index >= 15 is 0 Å². The summed E-state index contributed by atoms with van der Waals surface area (Å²) in [5.41, 5.74) is 3.07. The molecule has 1 aliphatic carbocycles. The van der Waals surface area contributed by atoms with Gasteiger partial charge in [-0.3, -0.25) is 0 Å². The molecule has 1 nitrogen and oxygen atoms in total. The van der Waals surface area contributed by atoms with Crippen LogP contribution in [0.15, 0.2) is 224 Å². The number of hydrogen-bond donors (Lipinski definition) is 0. The molecule has 0 spiro atoms. The van der Waals surface area contributed by atoms with E-state index in [2.05, 4.69) is 6.07 Å². The summed E-state index contributed by atoms with van der Waals surface area (Å²) in [6, 6.07) is 38.0. The zero-order valence-electron chi connectivity index (χ0n) is 43.2. The van der Waals surface area contributed by atoms with E-state index in [1.807, 2.05) is 127 Å². The normalized spacial score (nSPS) is 15.9. The molecule has 0 N–H and O–H groups in total. The smallest absolute Gasteiger partial charge is 0.0714 e. The Morgan fingerprint density at radius 3 is 1.82 bits per heavy atom. The Balaban J connectivity index is 1.29. The van der Waals surface area contributed by atoms with Gasteiger partial charge in [0.2, 0.25) is 0 Å². The minimum Gasteiger partial charge on any atom is -0.310 e. The molecular weight excluding hydrogens is 707 g/mol. The summed E-state index contributed by atoms with van der Waals surface area (Å²) in [4.78, 5) is 1.25. The number of nitrogens with zero attached hydrogens (tertiary/aromatic N) is 1. The predicted molar refractivity (Wildman–Crippen MR) is 242 cm³/mol. The van der Waals surface area contributed by atoms with Crippen LogP contribution in [0.25, 0.3) is 53.6 Å². The molecule has 2 heteroatoms. The van der Waals surface area contributed by atoms with Crippen molar-refractivity contribution in [1.82, 2.24) is 0 Å². The van der Waals surface area contributed by atoms with Crippen LogP contribution in [0.4, 0.5) is 17.1 Å². The summed E-state index contributed by atoms with van der Waals surface area (Å²) >= 11 is 1.47. The van der Waals surface area contributed by atoms with Gasteiger partial charge in [0, 0.05) is 37.1 Å². The lowest BCUT2D eigenvalue weighted by molar-refractivity contribution is 0.768. The average Bonchev–Trinajstić information content (AvgIpc) is 3.92. The highest BCUT2D eigenvalue weighted by atomic mass is 32.1. The summed E-state index contributed by atoms with van der Waals surface area (Å²) in [6.07, 6.45) is 0. The summed E-state index contributed by atoms with van der Waals surface area (Å²) in [5.74, 6) is 0. The molecule has 0 saturated heterocycles. The number of anilines is 3. The van der Waals surface area contributed by atoms with Crippen molar-refractivity contribution in [2.75, 3.05) is 4.90 Å². The molecule has 0 fully saturated rings. The van der Waals surface area contributed by atoms with Crippen LogP contribution in [0.1, 0.15) is 40.1 Å². The highest BCUT2D eigenvalue weighted by molar-refractivity contribution is 7.26. The van der Waals surface area contributed by atoms with E-state index in [1.165, 1.54) is 16.2 Å². The second-order valence-electron chi connectivity index (χ2n) is 13.8. The second-order valence-corrected chi connectivity index (χ2v) is 14.9. The zero-order chi connectivity index (χ0) is 49.1. The molecule has 268 valence electrons. The summed E-state index contributed by atoms with van der Waals surface area (Å²) in [5, 5.41) is 1.85. The van der Waals surface area contributed by atoms with Gasteiger partial charge < -0.3 is 4.90 Å². The zero-order valence-corrected chi connectivity index (χ0v) is 31.0. The van der Waals surface area contributed by atoms with Crippen LogP contribution in [-0.4, -0.2) is 0 Å². The van der Waals surface area contributed by atoms with Gasteiger partial charge in [0.05, 0.1) is 28.9 Å². The van der Waals surface area contributed by atoms with Crippen molar-refractivity contribution in [3.8, 4) is 33.4 Å². The Kier molecular flexibility index (Phi) is 5.39. The van der Waals surface area contributed by atoms with Gasteiger partial charge in [0.25, 0.3) is 0 Å². The number of rotatable bonds is 7. The van der Waals surface area contributed by atoms with Crippen LogP contribution in [-0.2, 0) is 5.41 Å². The molecule has 0 unspecified atom stereocenters. The topological polar surface area (TPSA) is 3.24 Å². The first-order chi connectivity index (χ1) is 33.7. The Labute approximate surface area is 355 Å². The predicted octanol–water partition coefficient (Wildman–Crippen LogP) is 15.2. The van der Waals surface area contributed by atoms with Crippen LogP contribution in [0.3, 0.4) is 0 Å². The summed E-state index contributed by atoms with van der Waals surface area (Å²) in [7, 11) is 0. The van der Waals surface area contributed by atoms with E-state index in [1.54, 1.807) is 12.1 Å². The quantitative estimate of drug-likeness (QED) is 0.157. The lowest BCUT2D eigenvalue weighted by atomic mass is 9.67. The average molecular weight is 757 g/mol. The minimum absolute atomic E-state index is 0.0215. The van der Waals surface area contributed by atoms with Crippen LogP contribution in [0.5, 0.6) is 0 Å². The fourth-order valence-corrected chi connectivity index (χ4v) is 9.69. The molecule has 57 heavy (non-hydrogen) atoms. The van der Waals surface area contributed by atoms with Crippen LogP contribution >= 0.6 is 11.3 Å². The fourth-order valence-electron chi connectivity index (χ4n) is 8.47. The van der Waals surface area contributed by atoms with Crippen molar-refractivity contribution in [3.63, 3.8) is 0 Å². The molecule has 1 aromatic heterocycles. The third-order valence-electron chi connectivity index (χ3n) is 10.9. The second kappa shape index (κ2) is 13.6. The van der Waals surface area contributed by atoms with E-state index in [-0.39, 0.29) is 16.9 Å². The monoisotopic (exact) mass is 756 g/mol. The molecule has 0 aliphatic heterocycles. The molecule has 0 saturated carbocycles. The third-order valence-corrected chi connectivity index (χ3v) is 12.1. The van der Waals surface area contributed by atoms with Crippen molar-refractivity contribution in [2.24, 2.45) is 0 Å². The van der Waals surface area contributed by atoms with E-state index in [4.69, 9.17) is 9.60 Å². The van der Waals surface area contributed by atoms with Gasteiger partial charge in [0.1, 0.15) is 0 Å². The molecule has 0 bridgehead atoms. The highest BCUT2D eigenvalue weighted by Crippen LogP contribution is 2.57. The Morgan fingerprint density at radius 2 is 1.04 bits per heavy atom. The van der Waals surface area contributed by atoms with Crippen LogP contribution in [0, 0.1) is 0 Å². The number of thiophene rings is 1. The van der Waals surface area contributed by atoms with E-state index < -0.39 is 101 Å². The maximum atomic E-state index is 9.97. The number of benzene rings is 9. The molecule has 0 atom stereocenters. The molecule has 1 heterocycles. The van der Waals surface area contributed by atoms with Gasteiger partial charge >= 0.3 is 0 Å². The molecule has 0 radical (unpaired) electrons. The fraction of sp³-hybridized carbons (Fsp3) is 0.0182. The minimum atomic E-state index is -0.997. The van der Waals surface area contributed by atoms with Crippen LogP contribution in [0.2, 0.25) is 0 Å². The van der Waals surface area contributed by atoms with Crippen molar-refractivity contribution in [3.05, 3.63) is 246 Å². The van der Waals surface area contributed by atoms with E-state index in [0.29, 0.717) is 5.56 Å². The van der Waals surface area contributed by atoms with E-state index in [0.717, 1.165) is 53.6 Å². The summed E-state index contributed by atoms with van der Waals surface area (Å²) < 4.78 is 122. The Bertz CT molecular complexity index is 3740. The van der Waals surface area contributed by atoms with Crippen molar-refractivity contribution in [2.45, 2.75) is 5.41 Å². The Morgan fingerprint density at radius 1 is 0.421 bits per heavy atom. The third kappa shape index (κ3) is 5.29. The molecule has 9 aromatic carbocycles. The molecular formula is C55H37NS. The van der Waals surface area contributed by atoms with Crippen LogP contribution < -0.4 is 4.90 Å². The molecule has 1 aliphatic rings. The first-order valence-corrected chi connectivity index (χ1v) is 19.4. The van der Waals surface area contributed by atoms with Crippen molar-refractivity contribution < 1.29 is 17.8 Å². The SMILES string of the molecule is [2H]c1c([2H])c([2H])c(-c2c([2H])c([2H])c([2H])c([2H])c2N(c2ccc3c(c2)C(c2ccccc2)(c2ccccc2)c2ccccc2-3)c2c([2H])c([2H])c(-c3cccc4c3sc3ccccc34)c([2H])c2[2H])c([2H])c1[2H]. The van der Waals surface area contributed by atoms with Gasteiger partial charge in [-0.15, -0.1) is 11.3 Å². The number of fused-ring (bicyclic) bond motifs is 6. The number of hydrogen-bond acceptors (Lipinski definition) is 2. The van der Waals surface area contributed by atoms with Crippen molar-refractivity contribution >= 4 is 48.6 Å². The van der Waals surface area contributed by atoms with Gasteiger partial charge in [-0.2, -0.15) is 0 Å². The first kappa shape index (κ1) is 22.5. The molecule has 11 rings (SSSR count). The Hall–Kier alpha value is -7.00. The largest absolute Gasteiger partial charge is 0.310 e. The maximum absolute atomic E-state index is 9.97. The lowest BCUT2D eigenvalue weighted by Gasteiger charge is -2.35. The van der Waals surface area contributed by atoms with Gasteiger partial charge in [-0.25, -0.2) is 0 Å². The first-order valence-electron chi connectivity index (χ1n) is 25.0. The van der Waals surface area contributed by atoms with E-state index in [9.17, 15) is 8.22 Å². The maximum Gasteiger partial charge on any atom is 0.0714 e. The van der Waals surface area contributed by atoms with Gasteiger partial charge in [-0.1, -0.05) is 188 Å². The standard InChI is InChI=1S/C55H37NS/c1-4-17-38(18-5-1)44-23-11-14-29-52(44)56(42-33-31-39(32-34-42)45-26-16-27-49-48-25-12-15-30-53(48)57-54(45)49)43-35-36-47-46-24-10-13-28-50(46)55(51(47)37-43,40-19-6-2-7-20-40)41-21-8-3-9-22-41/h1-37H/i1D,4D,5D,11D,14D,17D,18D,23D,29D,31D,32D,33D,34D. The lowest BCUT2D eigenvalue weighted by Crippen LogP contribution is -2.28. The van der Waals surface area contributed by atoms with Crippen molar-refractivity contribution in [1.29, 1.82) is 0 Å². The summed E-state index contributed by atoms with van der Waals surface area (Å²) in [6.45, 7) is 0. The number of para-hydroxylation sites is 1.